The first-order valence-electron chi connectivity index (χ1n) is 6.96. The molecule has 12 heteroatoms. The molecule has 2 rings (SSSR count). The summed E-state index contributed by atoms with van der Waals surface area (Å²) in [5.74, 6) is -0.315. The third-order valence-electron chi connectivity index (χ3n) is 3.31. The lowest BCUT2D eigenvalue weighted by Crippen LogP contribution is -2.08. The van der Waals surface area contributed by atoms with E-state index >= 15 is 0 Å². The number of nitro groups is 1. The highest BCUT2D eigenvalue weighted by Crippen LogP contribution is 2.38. The summed E-state index contributed by atoms with van der Waals surface area (Å²) in [6.45, 7) is 1.68. The molecule has 0 saturated carbocycles. The molecular formula is C14H10Cl2F3N2O4P. The molecule has 0 bridgehead atoms. The number of aromatic nitrogens is 1. The first-order valence-corrected chi connectivity index (χ1v) is 9.76. The average Bonchev–Trinajstić information content (AvgIpc) is 2.54. The summed E-state index contributed by atoms with van der Waals surface area (Å²) in [7, 11) is -2.96. The van der Waals surface area contributed by atoms with Crippen molar-refractivity contribution in [1.82, 2.24) is 4.98 Å². The first kappa shape index (κ1) is 20.5. The van der Waals surface area contributed by atoms with Crippen molar-refractivity contribution in [2.45, 2.75) is 19.5 Å². The summed E-state index contributed by atoms with van der Waals surface area (Å²) in [5.41, 5.74) is -1.14. The van der Waals surface area contributed by atoms with E-state index in [0.717, 1.165) is 12.1 Å². The molecule has 0 aliphatic heterocycles. The quantitative estimate of drug-likeness (QED) is 0.363. The Morgan fingerprint density at radius 3 is 2.46 bits per heavy atom. The number of nitrogens with zero attached hydrogens (tertiary/aromatic N) is 2. The molecule has 0 amide bonds. The fourth-order valence-electron chi connectivity index (χ4n) is 2.05. The van der Waals surface area contributed by atoms with Crippen LogP contribution in [0.15, 0.2) is 24.4 Å². The van der Waals surface area contributed by atoms with Crippen molar-refractivity contribution >= 4 is 41.0 Å². The first-order chi connectivity index (χ1) is 12.0. The summed E-state index contributed by atoms with van der Waals surface area (Å²) in [5, 5.41) is 10.5. The maximum atomic E-state index is 12.7. The van der Waals surface area contributed by atoms with Gasteiger partial charge in [0.25, 0.3) is 5.69 Å². The van der Waals surface area contributed by atoms with Crippen LogP contribution in [0, 0.1) is 10.1 Å². The van der Waals surface area contributed by atoms with Gasteiger partial charge in [0.15, 0.2) is 7.15 Å². The molecule has 1 heterocycles. The maximum Gasteiger partial charge on any atom is 0.417 e. The zero-order valence-corrected chi connectivity index (χ0v) is 15.4. The van der Waals surface area contributed by atoms with Crippen molar-refractivity contribution < 1.29 is 27.4 Å². The third kappa shape index (κ3) is 4.47. The Hall–Kier alpha value is -1.83. The highest BCUT2D eigenvalue weighted by Gasteiger charge is 2.32. The molecule has 140 valence electrons. The number of aryl methyl sites for hydroxylation is 1. The van der Waals surface area contributed by atoms with Crippen LogP contribution in [0.2, 0.25) is 5.02 Å². The van der Waals surface area contributed by atoms with E-state index in [0.29, 0.717) is 17.8 Å². The SMILES string of the molecule is CCc1cc([N+](=O)[O-])c([PH](=O)Cl)cc1Oc1ncc(C(F)(F)F)cc1Cl. The van der Waals surface area contributed by atoms with Gasteiger partial charge in [0.2, 0.25) is 5.88 Å². The number of alkyl halides is 3. The van der Waals surface area contributed by atoms with Crippen molar-refractivity contribution in [2.75, 3.05) is 0 Å². The minimum Gasteiger partial charge on any atom is -0.437 e. The van der Waals surface area contributed by atoms with Gasteiger partial charge in [0, 0.05) is 17.8 Å². The Balaban J connectivity index is 2.51. The van der Waals surface area contributed by atoms with E-state index in [9.17, 15) is 27.9 Å². The normalized spacial score (nSPS) is 12.7. The second kappa shape index (κ2) is 7.82. The van der Waals surface area contributed by atoms with Crippen molar-refractivity contribution in [3.05, 3.63) is 50.7 Å². The lowest BCUT2D eigenvalue weighted by molar-refractivity contribution is -0.383. The minimum atomic E-state index is -4.62. The van der Waals surface area contributed by atoms with Gasteiger partial charge in [-0.3, -0.25) is 10.1 Å². The molecule has 1 aromatic heterocycles. The van der Waals surface area contributed by atoms with E-state index in [1.807, 2.05) is 0 Å². The number of benzene rings is 1. The number of halogens is 5. The van der Waals surface area contributed by atoms with Gasteiger partial charge in [0.05, 0.1) is 10.5 Å². The van der Waals surface area contributed by atoms with E-state index in [1.165, 1.54) is 0 Å². The van der Waals surface area contributed by atoms with E-state index < -0.39 is 34.5 Å². The highest BCUT2D eigenvalue weighted by molar-refractivity contribution is 7.80. The Morgan fingerprint density at radius 2 is 2.00 bits per heavy atom. The minimum absolute atomic E-state index is 0.0151. The van der Waals surface area contributed by atoms with Crippen molar-refractivity contribution in [1.29, 1.82) is 0 Å². The predicted molar refractivity (Wildman–Crippen MR) is 91.3 cm³/mol. The number of hydrogen-bond donors (Lipinski definition) is 0. The maximum absolute atomic E-state index is 12.7. The van der Waals surface area contributed by atoms with Crippen LogP contribution in [-0.4, -0.2) is 9.91 Å². The Kier molecular flexibility index (Phi) is 6.16. The van der Waals surface area contributed by atoms with Crippen LogP contribution < -0.4 is 10.0 Å². The molecule has 0 radical (unpaired) electrons. The average molecular weight is 429 g/mol. The number of rotatable bonds is 5. The topological polar surface area (TPSA) is 82.3 Å². The predicted octanol–water partition coefficient (Wildman–Crippen LogP) is 5.36. The van der Waals surface area contributed by atoms with Crippen LogP contribution in [-0.2, 0) is 17.2 Å². The molecule has 0 aliphatic carbocycles. The standard InChI is InChI=1S/C14H10Cl2F3N2O4P/c1-2-7-3-10(21(22)23)12(26(16)24)5-11(7)25-13-9(15)4-8(6-20-13)14(17,18)19/h3-6,26H,2H2,1H3. The van der Waals surface area contributed by atoms with Gasteiger partial charge >= 0.3 is 6.18 Å². The zero-order chi connectivity index (χ0) is 19.6. The van der Waals surface area contributed by atoms with Gasteiger partial charge in [-0.25, -0.2) is 4.98 Å². The molecule has 0 fully saturated rings. The molecule has 1 atom stereocenters. The largest absolute Gasteiger partial charge is 0.437 e. The molecule has 0 aliphatic rings. The van der Waals surface area contributed by atoms with Gasteiger partial charge in [0.1, 0.15) is 16.1 Å². The van der Waals surface area contributed by atoms with Crippen molar-refractivity contribution in [3.8, 4) is 11.6 Å². The second-order valence-corrected chi connectivity index (χ2v) is 7.50. The lowest BCUT2D eigenvalue weighted by Gasteiger charge is -2.13. The van der Waals surface area contributed by atoms with E-state index in [4.69, 9.17) is 27.6 Å². The Bertz CT molecular complexity index is 893. The van der Waals surface area contributed by atoms with Crippen LogP contribution in [0.3, 0.4) is 0 Å². The monoisotopic (exact) mass is 428 g/mol. The summed E-state index contributed by atoms with van der Waals surface area (Å²) in [6.07, 6.45) is -3.79. The summed E-state index contributed by atoms with van der Waals surface area (Å²) in [6, 6.07) is 2.90. The van der Waals surface area contributed by atoms with Gasteiger partial charge < -0.3 is 9.30 Å². The van der Waals surface area contributed by atoms with Crippen LogP contribution in [0.25, 0.3) is 0 Å². The fraction of sp³-hybridized carbons (Fsp3) is 0.214. The molecule has 1 aromatic carbocycles. The van der Waals surface area contributed by atoms with Gasteiger partial charge in [-0.05, 0) is 18.6 Å². The molecule has 6 nitrogen and oxygen atoms in total. The fourth-order valence-corrected chi connectivity index (χ4v) is 3.32. The molecule has 0 N–H and O–H groups in total. The molecule has 26 heavy (non-hydrogen) atoms. The summed E-state index contributed by atoms with van der Waals surface area (Å²) >= 11 is 11.3. The van der Waals surface area contributed by atoms with Crippen molar-refractivity contribution in [3.63, 3.8) is 0 Å². The van der Waals surface area contributed by atoms with E-state index in [1.54, 1.807) is 6.92 Å². The highest BCUT2D eigenvalue weighted by atomic mass is 35.7. The van der Waals surface area contributed by atoms with Gasteiger partial charge in [-0.2, -0.15) is 13.2 Å². The molecule has 0 saturated heterocycles. The zero-order valence-electron chi connectivity index (χ0n) is 12.9. The van der Waals surface area contributed by atoms with Crippen LogP contribution >= 0.6 is 30.0 Å². The smallest absolute Gasteiger partial charge is 0.417 e. The number of ether oxygens (including phenoxy) is 1. The van der Waals surface area contributed by atoms with E-state index in [-0.39, 0.29) is 23.4 Å². The lowest BCUT2D eigenvalue weighted by atomic mass is 10.1. The Morgan fingerprint density at radius 1 is 1.35 bits per heavy atom. The number of pyridine rings is 1. The number of hydrogen-bond acceptors (Lipinski definition) is 5. The molecule has 0 spiro atoms. The van der Waals surface area contributed by atoms with Crippen LogP contribution in [0.1, 0.15) is 18.1 Å². The molecule has 1 unspecified atom stereocenters. The molecular weight excluding hydrogens is 419 g/mol. The van der Waals surface area contributed by atoms with Gasteiger partial charge in [-0.1, -0.05) is 29.8 Å². The van der Waals surface area contributed by atoms with Crippen LogP contribution in [0.5, 0.6) is 11.6 Å². The number of nitro benzene ring substituents is 1. The summed E-state index contributed by atoms with van der Waals surface area (Å²) in [4.78, 5) is 13.9. The second-order valence-electron chi connectivity index (χ2n) is 4.97. The van der Waals surface area contributed by atoms with Crippen LogP contribution in [0.4, 0.5) is 18.9 Å². The Labute approximate surface area is 155 Å². The van der Waals surface area contributed by atoms with Gasteiger partial charge in [-0.15, -0.1) is 0 Å². The third-order valence-corrected chi connectivity index (χ3v) is 5.02. The van der Waals surface area contributed by atoms with Crippen molar-refractivity contribution in [2.24, 2.45) is 0 Å². The summed E-state index contributed by atoms with van der Waals surface area (Å²) < 4.78 is 55.0. The van der Waals surface area contributed by atoms with E-state index in [2.05, 4.69) is 4.98 Å². The molecule has 2 aromatic rings.